The van der Waals surface area contributed by atoms with Gasteiger partial charge >= 0.3 is 0 Å². The Morgan fingerprint density at radius 1 is 0.688 bits per heavy atom. The minimum Gasteiger partial charge on any atom is -0.534 e. The second kappa shape index (κ2) is 5.63. The van der Waals surface area contributed by atoms with Crippen LogP contribution in [0, 0.1) is 0 Å². The van der Waals surface area contributed by atoms with Crippen molar-refractivity contribution in [2.24, 2.45) is 10.2 Å². The van der Waals surface area contributed by atoms with Crippen molar-refractivity contribution in [3.63, 3.8) is 0 Å². The Morgan fingerprint density at radius 3 is 1.12 bits per heavy atom. The van der Waals surface area contributed by atoms with Crippen LogP contribution in [-0.4, -0.2) is 28.4 Å². The fraction of sp³-hybridized carbons (Fsp3) is 0.800. The van der Waals surface area contributed by atoms with Crippen LogP contribution >= 0.6 is 0 Å². The molecule has 0 unspecified atom stereocenters. The lowest BCUT2D eigenvalue weighted by Crippen LogP contribution is -2.28. The molecule has 0 radical (unpaired) electrons. The number of rotatable bonds is 3. The van der Waals surface area contributed by atoms with Gasteiger partial charge in [0.1, 0.15) is 0 Å². The highest BCUT2D eigenvalue weighted by Gasteiger charge is 2.17. The topological polar surface area (TPSA) is 43.2 Å². The van der Waals surface area contributed by atoms with Crippen molar-refractivity contribution >= 4 is 28.4 Å². The van der Waals surface area contributed by atoms with Gasteiger partial charge in [0.15, 0.2) is 11.8 Å². The molecule has 0 spiro atoms. The van der Waals surface area contributed by atoms with Crippen molar-refractivity contribution in [3.05, 3.63) is 0 Å². The van der Waals surface area contributed by atoms with Gasteiger partial charge in [0, 0.05) is 13.8 Å². The highest BCUT2D eigenvalue weighted by Crippen LogP contribution is 2.05. The van der Waals surface area contributed by atoms with Gasteiger partial charge in [-0.1, -0.05) is 0 Å². The predicted octanol–water partition coefficient (Wildman–Crippen LogP) is 3.44. The van der Waals surface area contributed by atoms with E-state index in [1.165, 1.54) is 0 Å². The van der Waals surface area contributed by atoms with Crippen LogP contribution in [0.25, 0.3) is 0 Å². The van der Waals surface area contributed by atoms with E-state index in [1.54, 1.807) is 0 Å². The molecule has 0 atom stereocenters. The predicted molar refractivity (Wildman–Crippen MR) is 75.1 cm³/mol. The first-order chi connectivity index (χ1) is 6.99. The Hall–Kier alpha value is -0.626. The summed E-state index contributed by atoms with van der Waals surface area (Å²) in [7, 11) is -3.14. The average molecular weight is 260 g/mol. The summed E-state index contributed by atoms with van der Waals surface area (Å²) in [6.45, 7) is 16.3. The molecule has 0 saturated carbocycles. The maximum atomic E-state index is 5.66. The van der Waals surface area contributed by atoms with Gasteiger partial charge in [-0.3, -0.25) is 0 Å². The van der Waals surface area contributed by atoms with Crippen molar-refractivity contribution in [2.45, 2.75) is 53.1 Å². The SMILES string of the molecule is C/C(=N/N=C(\C)O[Si](C)(C)C)O[Si](C)(C)C. The molecule has 0 N–H and O–H groups in total. The van der Waals surface area contributed by atoms with E-state index in [9.17, 15) is 0 Å². The van der Waals surface area contributed by atoms with Crippen molar-refractivity contribution in [1.82, 2.24) is 0 Å². The second-order valence-electron chi connectivity index (χ2n) is 5.67. The molecule has 0 heterocycles. The van der Waals surface area contributed by atoms with E-state index in [0.29, 0.717) is 11.8 Å². The molecule has 0 fully saturated rings. The van der Waals surface area contributed by atoms with Crippen LogP contribution in [0.15, 0.2) is 10.2 Å². The summed E-state index contributed by atoms with van der Waals surface area (Å²) in [5, 5.41) is 8.02. The first kappa shape index (κ1) is 15.4. The van der Waals surface area contributed by atoms with E-state index in [4.69, 9.17) is 8.85 Å². The standard InChI is InChI=1S/C10H24N2O2Si2/c1-9(13-15(3,4)5)11-12-10(2)14-16(6,7)8/h1-8H3/b11-9-,12-10+. The van der Waals surface area contributed by atoms with E-state index >= 15 is 0 Å². The van der Waals surface area contributed by atoms with Crippen LogP contribution in [0.2, 0.25) is 39.3 Å². The van der Waals surface area contributed by atoms with Gasteiger partial charge in [-0.2, -0.15) is 0 Å². The van der Waals surface area contributed by atoms with E-state index in [0.717, 1.165) is 0 Å². The molecule has 0 aromatic carbocycles. The maximum absolute atomic E-state index is 5.66. The zero-order valence-corrected chi connectivity index (χ0v) is 13.7. The molecule has 0 aliphatic carbocycles. The lowest BCUT2D eigenvalue weighted by atomic mass is 10.8. The second-order valence-corrected chi connectivity index (χ2v) is 14.5. The molecule has 0 aliphatic heterocycles. The van der Waals surface area contributed by atoms with Crippen molar-refractivity contribution in [3.8, 4) is 0 Å². The van der Waals surface area contributed by atoms with E-state index in [-0.39, 0.29) is 0 Å². The Kier molecular flexibility index (Phi) is 5.41. The molecule has 0 aromatic heterocycles. The third-order valence-corrected chi connectivity index (χ3v) is 3.06. The molecule has 0 bridgehead atoms. The van der Waals surface area contributed by atoms with Crippen molar-refractivity contribution in [1.29, 1.82) is 0 Å². The highest BCUT2D eigenvalue weighted by molar-refractivity contribution is 6.71. The number of nitrogens with zero attached hydrogens (tertiary/aromatic N) is 2. The van der Waals surface area contributed by atoms with Crippen LogP contribution in [0.5, 0.6) is 0 Å². The summed E-state index contributed by atoms with van der Waals surface area (Å²) >= 11 is 0. The lowest BCUT2D eigenvalue weighted by Gasteiger charge is -2.19. The molecule has 16 heavy (non-hydrogen) atoms. The average Bonchev–Trinajstić information content (AvgIpc) is 1.94. The number of hydrogen-bond donors (Lipinski definition) is 0. The molecule has 0 saturated heterocycles. The first-order valence-electron chi connectivity index (χ1n) is 5.46. The summed E-state index contributed by atoms with van der Waals surface area (Å²) in [6, 6.07) is 0. The minimum atomic E-state index is -1.57. The van der Waals surface area contributed by atoms with Crippen molar-refractivity contribution < 1.29 is 8.85 Å². The number of hydrogen-bond acceptors (Lipinski definition) is 4. The van der Waals surface area contributed by atoms with E-state index in [2.05, 4.69) is 49.5 Å². The zero-order valence-electron chi connectivity index (χ0n) is 11.7. The Labute approximate surface area is 101 Å². The quantitative estimate of drug-likeness (QED) is 0.338. The van der Waals surface area contributed by atoms with Crippen LogP contribution < -0.4 is 0 Å². The van der Waals surface area contributed by atoms with Gasteiger partial charge in [0.2, 0.25) is 16.6 Å². The van der Waals surface area contributed by atoms with Gasteiger partial charge in [-0.25, -0.2) is 0 Å². The van der Waals surface area contributed by atoms with Gasteiger partial charge in [0.05, 0.1) is 0 Å². The summed E-state index contributed by atoms with van der Waals surface area (Å²) in [6.07, 6.45) is 0. The zero-order chi connectivity index (χ0) is 13.0. The fourth-order valence-corrected chi connectivity index (χ4v) is 2.92. The molecule has 0 amide bonds. The monoisotopic (exact) mass is 260 g/mol. The van der Waals surface area contributed by atoms with Gasteiger partial charge < -0.3 is 8.85 Å². The third kappa shape index (κ3) is 9.91. The summed E-state index contributed by atoms with van der Waals surface area (Å²) in [4.78, 5) is 0. The molecule has 0 aromatic rings. The smallest absolute Gasteiger partial charge is 0.243 e. The largest absolute Gasteiger partial charge is 0.534 e. The molecule has 0 aliphatic rings. The minimum absolute atomic E-state index is 0.609. The van der Waals surface area contributed by atoms with Gasteiger partial charge in [0.25, 0.3) is 0 Å². The molecular weight excluding hydrogens is 236 g/mol. The third-order valence-electron chi connectivity index (χ3n) is 1.24. The van der Waals surface area contributed by atoms with Gasteiger partial charge in [-0.05, 0) is 39.3 Å². The summed E-state index contributed by atoms with van der Waals surface area (Å²) in [5.74, 6) is 1.22. The lowest BCUT2D eigenvalue weighted by molar-refractivity contribution is 0.531. The maximum Gasteiger partial charge on any atom is 0.243 e. The molecule has 6 heteroatoms. The normalized spacial score (nSPS) is 15.0. The Morgan fingerprint density at radius 2 is 0.938 bits per heavy atom. The molecule has 94 valence electrons. The first-order valence-corrected chi connectivity index (χ1v) is 12.3. The fourth-order valence-electron chi connectivity index (χ4n) is 1.07. The van der Waals surface area contributed by atoms with Crippen LogP contribution in [0.1, 0.15) is 13.8 Å². The van der Waals surface area contributed by atoms with Crippen LogP contribution in [0.3, 0.4) is 0 Å². The summed E-state index contributed by atoms with van der Waals surface area (Å²) in [5.41, 5.74) is 0. The Balaban J connectivity index is 4.39. The van der Waals surface area contributed by atoms with Crippen LogP contribution in [0.4, 0.5) is 0 Å². The van der Waals surface area contributed by atoms with Crippen LogP contribution in [-0.2, 0) is 8.85 Å². The molecule has 0 rings (SSSR count). The molecule has 4 nitrogen and oxygen atoms in total. The molecular formula is C10H24N2O2Si2. The van der Waals surface area contributed by atoms with E-state index < -0.39 is 16.6 Å². The Bertz CT molecular complexity index is 258. The van der Waals surface area contributed by atoms with E-state index in [1.807, 2.05) is 13.8 Å². The summed E-state index contributed by atoms with van der Waals surface area (Å²) < 4.78 is 11.3. The van der Waals surface area contributed by atoms with Gasteiger partial charge in [-0.15, -0.1) is 10.2 Å². The van der Waals surface area contributed by atoms with Crippen molar-refractivity contribution in [2.75, 3.05) is 0 Å². The highest BCUT2D eigenvalue weighted by atomic mass is 28.4.